The summed E-state index contributed by atoms with van der Waals surface area (Å²) in [5.74, 6) is 0.586. The molecule has 0 bridgehead atoms. The Hall–Kier alpha value is -3.30. The highest BCUT2D eigenvalue weighted by molar-refractivity contribution is 7.98. The van der Waals surface area contributed by atoms with Crippen LogP contribution in [0, 0.1) is 5.82 Å². The van der Waals surface area contributed by atoms with E-state index in [1.165, 1.54) is 30.2 Å². The minimum atomic E-state index is -0.320. The minimum absolute atomic E-state index is 0.218. The van der Waals surface area contributed by atoms with E-state index in [0.717, 1.165) is 5.39 Å². The summed E-state index contributed by atoms with van der Waals surface area (Å²) in [5.41, 5.74) is 1.62. The van der Waals surface area contributed by atoms with Crippen molar-refractivity contribution >= 4 is 45.3 Å². The summed E-state index contributed by atoms with van der Waals surface area (Å²) in [6.45, 7) is 0. The maximum absolute atomic E-state index is 13.2. The third-order valence-electron chi connectivity index (χ3n) is 4.46. The van der Waals surface area contributed by atoms with Crippen LogP contribution >= 0.6 is 23.4 Å². The van der Waals surface area contributed by atoms with Crippen molar-refractivity contribution in [3.05, 3.63) is 82.0 Å². The average Bonchev–Trinajstić information content (AvgIpc) is 3.17. The van der Waals surface area contributed by atoms with Crippen molar-refractivity contribution in [2.24, 2.45) is 0 Å². The number of hydrogen-bond donors (Lipinski definition) is 1. The highest BCUT2D eigenvalue weighted by Crippen LogP contribution is 2.28. The lowest BCUT2D eigenvalue weighted by molar-refractivity contribution is 0.627. The number of nitrogens with one attached hydrogen (secondary N) is 1. The Balaban J connectivity index is 1.47. The largest absolute Gasteiger partial charge is 0.309 e. The van der Waals surface area contributed by atoms with Crippen LogP contribution in [0.4, 0.5) is 4.39 Å². The molecule has 1 N–H and O–H groups in total. The maximum Gasteiger partial charge on any atom is 0.258 e. The molecule has 10 heteroatoms. The highest BCUT2D eigenvalue weighted by atomic mass is 35.5. The molecular formula is C20H12ClFN6OS. The molecule has 0 unspecified atom stereocenters. The van der Waals surface area contributed by atoms with Gasteiger partial charge >= 0.3 is 0 Å². The molecule has 0 spiro atoms. The molecule has 0 fully saturated rings. The summed E-state index contributed by atoms with van der Waals surface area (Å²) in [6, 6.07) is 11.0. The number of aromatic amines is 1. The average molecular weight is 439 g/mol. The van der Waals surface area contributed by atoms with Gasteiger partial charge in [0.15, 0.2) is 5.65 Å². The Labute approximate surface area is 178 Å². The van der Waals surface area contributed by atoms with Crippen LogP contribution in [-0.4, -0.2) is 29.7 Å². The normalized spacial score (nSPS) is 11.4. The van der Waals surface area contributed by atoms with E-state index in [2.05, 4.69) is 25.0 Å². The minimum Gasteiger partial charge on any atom is -0.309 e. The van der Waals surface area contributed by atoms with Gasteiger partial charge in [0, 0.05) is 5.02 Å². The number of benzene rings is 2. The number of fused-ring (bicyclic) bond motifs is 2. The van der Waals surface area contributed by atoms with Gasteiger partial charge < -0.3 is 4.98 Å². The number of rotatable bonds is 4. The van der Waals surface area contributed by atoms with E-state index in [1.807, 2.05) is 0 Å². The molecule has 0 radical (unpaired) electrons. The van der Waals surface area contributed by atoms with Crippen LogP contribution in [0.15, 0.2) is 64.8 Å². The van der Waals surface area contributed by atoms with Gasteiger partial charge in [-0.15, -0.1) is 0 Å². The molecule has 5 aromatic rings. The monoisotopic (exact) mass is 438 g/mol. The molecule has 3 heterocycles. The lowest BCUT2D eigenvalue weighted by Crippen LogP contribution is -2.11. The fraction of sp³-hybridized carbons (Fsp3) is 0.0500. The first kappa shape index (κ1) is 18.7. The van der Waals surface area contributed by atoms with Gasteiger partial charge in [-0.1, -0.05) is 23.4 Å². The molecule has 0 amide bonds. The van der Waals surface area contributed by atoms with Crippen LogP contribution in [0.25, 0.3) is 27.6 Å². The van der Waals surface area contributed by atoms with Crippen molar-refractivity contribution in [3.63, 3.8) is 0 Å². The standard InChI is InChI=1S/C20H12ClFN6OS/c21-11-1-6-14-16(7-11)26-17(27-19(14)29)9-30-20-15-8-25-28(18(15)23-10-24-20)13-4-2-12(22)3-5-13/h1-8,10H,9H2,(H,26,27,29). The first-order valence-corrected chi connectivity index (χ1v) is 10.2. The summed E-state index contributed by atoms with van der Waals surface area (Å²) in [6.07, 6.45) is 3.11. The van der Waals surface area contributed by atoms with E-state index >= 15 is 0 Å². The molecule has 0 aliphatic heterocycles. The smallest absolute Gasteiger partial charge is 0.258 e. The highest BCUT2D eigenvalue weighted by Gasteiger charge is 2.13. The molecule has 5 rings (SSSR count). The molecule has 0 aliphatic rings. The summed E-state index contributed by atoms with van der Waals surface area (Å²) < 4.78 is 14.8. The Bertz CT molecular complexity index is 1450. The molecule has 0 saturated carbocycles. The molecule has 2 aromatic carbocycles. The number of thioether (sulfide) groups is 1. The molecule has 0 saturated heterocycles. The number of H-pyrrole nitrogens is 1. The van der Waals surface area contributed by atoms with Crippen molar-refractivity contribution in [1.29, 1.82) is 0 Å². The van der Waals surface area contributed by atoms with Gasteiger partial charge in [0.05, 0.1) is 33.9 Å². The number of nitrogens with zero attached hydrogens (tertiary/aromatic N) is 5. The zero-order valence-corrected chi connectivity index (χ0v) is 16.8. The lowest BCUT2D eigenvalue weighted by Gasteiger charge is -2.05. The molecule has 30 heavy (non-hydrogen) atoms. The van der Waals surface area contributed by atoms with Crippen molar-refractivity contribution in [1.82, 2.24) is 29.7 Å². The second-order valence-electron chi connectivity index (χ2n) is 6.41. The Kier molecular flexibility index (Phi) is 4.68. The van der Waals surface area contributed by atoms with Gasteiger partial charge in [-0.2, -0.15) is 5.10 Å². The quantitative estimate of drug-likeness (QED) is 0.335. The van der Waals surface area contributed by atoms with Crippen LogP contribution < -0.4 is 5.56 Å². The second-order valence-corrected chi connectivity index (χ2v) is 7.81. The van der Waals surface area contributed by atoms with Gasteiger partial charge in [-0.3, -0.25) is 4.79 Å². The predicted octanol–water partition coefficient (Wildman–Crippen LogP) is 4.14. The van der Waals surface area contributed by atoms with Crippen molar-refractivity contribution in [2.45, 2.75) is 10.8 Å². The topological polar surface area (TPSA) is 89.4 Å². The fourth-order valence-corrected chi connectivity index (χ4v) is 4.07. The maximum atomic E-state index is 13.2. The van der Waals surface area contributed by atoms with Gasteiger partial charge in [-0.05, 0) is 42.5 Å². The number of halogens is 2. The molecule has 3 aromatic heterocycles. The molecule has 148 valence electrons. The van der Waals surface area contributed by atoms with Gasteiger partial charge in [0.2, 0.25) is 0 Å². The van der Waals surface area contributed by atoms with E-state index in [9.17, 15) is 9.18 Å². The Morgan fingerprint density at radius 3 is 2.77 bits per heavy atom. The summed E-state index contributed by atoms with van der Waals surface area (Å²) in [4.78, 5) is 28.2. The van der Waals surface area contributed by atoms with Crippen LogP contribution in [-0.2, 0) is 5.75 Å². The van der Waals surface area contributed by atoms with E-state index in [-0.39, 0.29) is 11.4 Å². The zero-order valence-electron chi connectivity index (χ0n) is 15.2. The SMILES string of the molecule is O=c1[nH]c(CSc2ncnc3c2cnn3-c2ccc(F)cc2)nc2cc(Cl)ccc12. The van der Waals surface area contributed by atoms with E-state index in [4.69, 9.17) is 11.6 Å². The number of hydrogen-bond acceptors (Lipinski definition) is 6. The molecule has 0 atom stereocenters. The van der Waals surface area contributed by atoms with E-state index < -0.39 is 0 Å². The zero-order chi connectivity index (χ0) is 20.7. The Morgan fingerprint density at radius 1 is 1.10 bits per heavy atom. The molecule has 7 nitrogen and oxygen atoms in total. The van der Waals surface area contributed by atoms with Crippen molar-refractivity contribution < 1.29 is 4.39 Å². The molecular weight excluding hydrogens is 427 g/mol. The van der Waals surface area contributed by atoms with Gasteiger partial charge in [0.25, 0.3) is 5.56 Å². The van der Waals surface area contributed by atoms with E-state index in [0.29, 0.717) is 43.9 Å². The van der Waals surface area contributed by atoms with E-state index in [1.54, 1.807) is 41.2 Å². The first-order chi connectivity index (χ1) is 14.6. The summed E-state index contributed by atoms with van der Waals surface area (Å²) >= 11 is 7.42. The van der Waals surface area contributed by atoms with Crippen LogP contribution in [0.2, 0.25) is 5.02 Å². The third-order valence-corrected chi connectivity index (χ3v) is 5.72. The predicted molar refractivity (Wildman–Crippen MR) is 114 cm³/mol. The van der Waals surface area contributed by atoms with Crippen molar-refractivity contribution in [2.75, 3.05) is 0 Å². The lowest BCUT2D eigenvalue weighted by atomic mass is 10.2. The van der Waals surface area contributed by atoms with Crippen LogP contribution in [0.3, 0.4) is 0 Å². The van der Waals surface area contributed by atoms with Crippen LogP contribution in [0.5, 0.6) is 0 Å². The summed E-state index contributed by atoms with van der Waals surface area (Å²) in [7, 11) is 0. The van der Waals surface area contributed by atoms with Crippen molar-refractivity contribution in [3.8, 4) is 5.69 Å². The Morgan fingerprint density at radius 2 is 1.93 bits per heavy atom. The van der Waals surface area contributed by atoms with Gasteiger partial charge in [-0.25, -0.2) is 24.0 Å². The first-order valence-electron chi connectivity index (χ1n) is 8.84. The van der Waals surface area contributed by atoms with Gasteiger partial charge in [0.1, 0.15) is 23.0 Å². The third kappa shape index (κ3) is 3.42. The number of aromatic nitrogens is 6. The molecule has 0 aliphatic carbocycles. The van der Waals surface area contributed by atoms with Crippen LogP contribution in [0.1, 0.15) is 5.82 Å². The second kappa shape index (κ2) is 7.51. The fourth-order valence-electron chi connectivity index (χ4n) is 3.07. The summed E-state index contributed by atoms with van der Waals surface area (Å²) in [5, 5.41) is 6.81.